The molecule has 0 radical (unpaired) electrons. The maximum absolute atomic E-state index is 6.52. The monoisotopic (exact) mass is 345 g/mol. The second kappa shape index (κ2) is 9.48. The number of hydrogen-bond donors (Lipinski definition) is 1. The molecular weight excluding hydrogens is 310 g/mol. The van der Waals surface area contributed by atoms with E-state index in [0.717, 1.165) is 37.8 Å². The van der Waals surface area contributed by atoms with Crippen molar-refractivity contribution in [3.8, 4) is 0 Å². The zero-order valence-corrected chi connectivity index (χ0v) is 15.9. The molecule has 0 spiro atoms. The van der Waals surface area contributed by atoms with E-state index in [-0.39, 0.29) is 6.04 Å². The van der Waals surface area contributed by atoms with Crippen molar-refractivity contribution in [2.24, 2.45) is 5.73 Å². The highest BCUT2D eigenvalue weighted by Gasteiger charge is 2.23. The molecule has 2 aliphatic rings. The number of nitrogens with two attached hydrogens (primary N) is 1. The van der Waals surface area contributed by atoms with E-state index in [1.165, 1.54) is 57.8 Å². The highest BCUT2D eigenvalue weighted by molar-refractivity contribution is 5.37. The quantitative estimate of drug-likeness (QED) is 0.855. The molecule has 2 heterocycles. The Morgan fingerprint density at radius 3 is 2.48 bits per heavy atom. The van der Waals surface area contributed by atoms with Crippen molar-refractivity contribution in [2.75, 3.05) is 31.1 Å². The molecule has 25 heavy (non-hydrogen) atoms. The SMILES string of the molecule is CCN(CC(N)c1nccc(N2CCCCCC2)n1)C1CCCCC1. The lowest BCUT2D eigenvalue weighted by atomic mass is 9.94. The first-order chi connectivity index (χ1) is 12.3. The van der Waals surface area contributed by atoms with Gasteiger partial charge in [-0.25, -0.2) is 9.97 Å². The Morgan fingerprint density at radius 1 is 1.12 bits per heavy atom. The molecule has 1 aromatic heterocycles. The van der Waals surface area contributed by atoms with E-state index in [0.29, 0.717) is 6.04 Å². The number of rotatable bonds is 6. The molecule has 1 saturated heterocycles. The van der Waals surface area contributed by atoms with Gasteiger partial charge >= 0.3 is 0 Å². The largest absolute Gasteiger partial charge is 0.357 e. The van der Waals surface area contributed by atoms with Crippen molar-refractivity contribution >= 4 is 5.82 Å². The minimum atomic E-state index is -0.103. The van der Waals surface area contributed by atoms with E-state index in [2.05, 4.69) is 21.7 Å². The van der Waals surface area contributed by atoms with Crippen LogP contribution in [-0.4, -0.2) is 47.1 Å². The molecule has 1 atom stereocenters. The van der Waals surface area contributed by atoms with E-state index >= 15 is 0 Å². The van der Waals surface area contributed by atoms with Gasteiger partial charge in [-0.15, -0.1) is 0 Å². The molecule has 0 aromatic carbocycles. The fourth-order valence-electron chi connectivity index (χ4n) is 4.34. The summed E-state index contributed by atoms with van der Waals surface area (Å²) in [4.78, 5) is 14.3. The first-order valence-corrected chi connectivity index (χ1v) is 10.4. The number of hydrogen-bond acceptors (Lipinski definition) is 5. The number of aromatic nitrogens is 2. The molecule has 1 aliphatic heterocycles. The predicted molar refractivity (Wildman–Crippen MR) is 104 cm³/mol. The summed E-state index contributed by atoms with van der Waals surface area (Å²) in [6, 6.07) is 2.63. The third-order valence-electron chi connectivity index (χ3n) is 5.85. The molecule has 3 rings (SSSR count). The molecule has 5 heteroatoms. The van der Waals surface area contributed by atoms with Gasteiger partial charge in [0.2, 0.25) is 0 Å². The Kier molecular flexibility index (Phi) is 7.05. The van der Waals surface area contributed by atoms with E-state index in [4.69, 9.17) is 10.7 Å². The maximum atomic E-state index is 6.52. The van der Waals surface area contributed by atoms with Crippen LogP contribution < -0.4 is 10.6 Å². The molecule has 1 aliphatic carbocycles. The fraction of sp³-hybridized carbons (Fsp3) is 0.800. The number of likely N-dealkylation sites (N-methyl/N-ethyl adjacent to an activating group) is 1. The van der Waals surface area contributed by atoms with Crippen molar-refractivity contribution in [1.82, 2.24) is 14.9 Å². The minimum Gasteiger partial charge on any atom is -0.357 e. The summed E-state index contributed by atoms with van der Waals surface area (Å²) in [5.74, 6) is 1.86. The van der Waals surface area contributed by atoms with Crippen LogP contribution in [0.15, 0.2) is 12.3 Å². The summed E-state index contributed by atoms with van der Waals surface area (Å²) < 4.78 is 0. The average molecular weight is 346 g/mol. The molecular formula is C20H35N5. The second-order valence-electron chi connectivity index (χ2n) is 7.66. The third kappa shape index (κ3) is 5.14. The Morgan fingerprint density at radius 2 is 1.80 bits per heavy atom. The first kappa shape index (κ1) is 18.6. The van der Waals surface area contributed by atoms with Crippen LogP contribution in [0.25, 0.3) is 0 Å². The summed E-state index contributed by atoms with van der Waals surface area (Å²) in [5.41, 5.74) is 6.52. The maximum Gasteiger partial charge on any atom is 0.148 e. The summed E-state index contributed by atoms with van der Waals surface area (Å²) in [5, 5.41) is 0. The lowest BCUT2D eigenvalue weighted by Crippen LogP contribution is -2.41. The summed E-state index contributed by atoms with van der Waals surface area (Å²) in [6.07, 6.45) is 13.8. The Hall–Kier alpha value is -1.20. The lowest BCUT2D eigenvalue weighted by molar-refractivity contribution is 0.153. The molecule has 1 unspecified atom stereocenters. The van der Waals surface area contributed by atoms with Gasteiger partial charge in [0.25, 0.3) is 0 Å². The summed E-state index contributed by atoms with van der Waals surface area (Å²) in [7, 11) is 0. The van der Waals surface area contributed by atoms with Gasteiger partial charge in [-0.1, -0.05) is 39.0 Å². The van der Waals surface area contributed by atoms with Crippen LogP contribution in [0.3, 0.4) is 0 Å². The van der Waals surface area contributed by atoms with Crippen molar-refractivity contribution in [2.45, 2.75) is 76.8 Å². The Balaban J connectivity index is 1.64. The zero-order valence-electron chi connectivity index (χ0n) is 15.9. The van der Waals surface area contributed by atoms with Crippen LogP contribution in [0.1, 0.15) is 76.6 Å². The lowest BCUT2D eigenvalue weighted by Gasteiger charge is -2.34. The zero-order chi connectivity index (χ0) is 17.5. The Bertz CT molecular complexity index is 507. The standard InChI is InChI=1S/C20H35N5/c1-2-24(17-10-6-5-7-11-17)16-18(21)20-22-13-12-19(23-20)25-14-8-3-4-9-15-25/h12-13,17-18H,2-11,14-16,21H2,1H3. The summed E-state index contributed by atoms with van der Waals surface area (Å²) >= 11 is 0. The second-order valence-corrected chi connectivity index (χ2v) is 7.66. The van der Waals surface area contributed by atoms with Crippen LogP contribution >= 0.6 is 0 Å². The van der Waals surface area contributed by atoms with Gasteiger partial charge in [-0.05, 0) is 38.3 Å². The van der Waals surface area contributed by atoms with Crippen LogP contribution in [0, 0.1) is 0 Å². The topological polar surface area (TPSA) is 58.3 Å². The van der Waals surface area contributed by atoms with Crippen molar-refractivity contribution < 1.29 is 0 Å². The molecule has 0 bridgehead atoms. The summed E-state index contributed by atoms with van der Waals surface area (Å²) in [6.45, 7) is 6.38. The number of nitrogens with zero attached hydrogens (tertiary/aromatic N) is 4. The van der Waals surface area contributed by atoms with Gasteiger partial charge in [0, 0.05) is 31.9 Å². The van der Waals surface area contributed by atoms with Gasteiger partial charge in [-0.2, -0.15) is 0 Å². The minimum absolute atomic E-state index is 0.103. The van der Waals surface area contributed by atoms with Crippen LogP contribution in [0.5, 0.6) is 0 Å². The highest BCUT2D eigenvalue weighted by Crippen LogP contribution is 2.24. The normalized spacial score (nSPS) is 21.3. The molecule has 5 nitrogen and oxygen atoms in total. The van der Waals surface area contributed by atoms with Crippen molar-refractivity contribution in [3.05, 3.63) is 18.1 Å². The molecule has 1 saturated carbocycles. The van der Waals surface area contributed by atoms with Crippen LogP contribution in [-0.2, 0) is 0 Å². The third-order valence-corrected chi connectivity index (χ3v) is 5.85. The molecule has 0 amide bonds. The van der Waals surface area contributed by atoms with Gasteiger partial charge in [0.05, 0.1) is 6.04 Å². The number of anilines is 1. The van der Waals surface area contributed by atoms with E-state index in [1.54, 1.807) is 0 Å². The molecule has 2 fully saturated rings. The predicted octanol–water partition coefficient (Wildman–Crippen LogP) is 3.51. The Labute approximate surface area is 153 Å². The van der Waals surface area contributed by atoms with E-state index in [9.17, 15) is 0 Å². The molecule has 1 aromatic rings. The van der Waals surface area contributed by atoms with Gasteiger partial charge < -0.3 is 10.6 Å². The smallest absolute Gasteiger partial charge is 0.148 e. The van der Waals surface area contributed by atoms with Gasteiger partial charge in [0.15, 0.2) is 0 Å². The van der Waals surface area contributed by atoms with Crippen LogP contribution in [0.2, 0.25) is 0 Å². The fourth-order valence-corrected chi connectivity index (χ4v) is 4.34. The van der Waals surface area contributed by atoms with Gasteiger partial charge in [-0.3, -0.25) is 4.90 Å². The molecule has 2 N–H and O–H groups in total. The van der Waals surface area contributed by atoms with Crippen molar-refractivity contribution in [3.63, 3.8) is 0 Å². The van der Waals surface area contributed by atoms with E-state index < -0.39 is 0 Å². The first-order valence-electron chi connectivity index (χ1n) is 10.4. The molecule has 140 valence electrons. The van der Waals surface area contributed by atoms with Crippen LogP contribution in [0.4, 0.5) is 5.82 Å². The van der Waals surface area contributed by atoms with E-state index in [1.807, 2.05) is 12.3 Å². The van der Waals surface area contributed by atoms with Crippen molar-refractivity contribution in [1.29, 1.82) is 0 Å². The average Bonchev–Trinajstić information content (AvgIpc) is 2.96. The van der Waals surface area contributed by atoms with Gasteiger partial charge in [0.1, 0.15) is 11.6 Å². The highest BCUT2D eigenvalue weighted by atomic mass is 15.2.